The summed E-state index contributed by atoms with van der Waals surface area (Å²) in [5.74, 6) is 0.697. The molecular weight excluding hydrogens is 310 g/mol. The maximum Gasteiger partial charge on any atom is 0.305 e. The lowest BCUT2D eigenvalue weighted by Gasteiger charge is -2.08. The summed E-state index contributed by atoms with van der Waals surface area (Å²) in [5.41, 5.74) is 1.17. The minimum absolute atomic E-state index is 0.128. The van der Waals surface area contributed by atoms with E-state index in [4.69, 9.17) is 9.47 Å². The molecule has 1 aromatic rings. The van der Waals surface area contributed by atoms with Crippen molar-refractivity contribution in [2.45, 2.75) is 26.3 Å². The normalized spacial score (nSPS) is 10.3. The highest BCUT2D eigenvalue weighted by molar-refractivity contribution is 9.10. The lowest BCUT2D eigenvalue weighted by molar-refractivity contribution is -0.143. The number of nitrogens with one attached hydrogen (secondary N) is 1. The van der Waals surface area contributed by atoms with Crippen LogP contribution in [0.5, 0.6) is 5.75 Å². The van der Waals surface area contributed by atoms with E-state index in [9.17, 15) is 4.79 Å². The molecule has 0 aromatic heterocycles. The van der Waals surface area contributed by atoms with Crippen molar-refractivity contribution in [3.8, 4) is 5.75 Å². The SMILES string of the molecule is CCOC(=O)CCCNCc1ccc(OC)c(Br)c1. The first-order valence-corrected chi connectivity index (χ1v) is 7.15. The van der Waals surface area contributed by atoms with E-state index in [0.717, 1.165) is 29.7 Å². The van der Waals surface area contributed by atoms with Crippen molar-refractivity contribution in [3.63, 3.8) is 0 Å². The van der Waals surface area contributed by atoms with Crippen molar-refractivity contribution in [2.75, 3.05) is 20.3 Å². The molecule has 0 aliphatic carbocycles. The van der Waals surface area contributed by atoms with E-state index in [1.165, 1.54) is 5.56 Å². The molecule has 0 saturated heterocycles. The fourth-order valence-electron chi connectivity index (χ4n) is 1.64. The summed E-state index contributed by atoms with van der Waals surface area (Å²) in [6.45, 7) is 3.83. The molecule has 0 fully saturated rings. The standard InChI is InChI=1S/C14H20BrNO3/c1-3-19-14(17)5-4-8-16-10-11-6-7-13(18-2)12(15)9-11/h6-7,9,16H,3-5,8,10H2,1-2H3. The van der Waals surface area contributed by atoms with E-state index in [0.29, 0.717) is 13.0 Å². The molecule has 0 aliphatic rings. The van der Waals surface area contributed by atoms with Gasteiger partial charge >= 0.3 is 5.97 Å². The molecule has 0 unspecified atom stereocenters. The monoisotopic (exact) mass is 329 g/mol. The Labute approximate surface area is 122 Å². The van der Waals surface area contributed by atoms with Crippen LogP contribution < -0.4 is 10.1 Å². The molecule has 106 valence electrons. The molecule has 0 atom stereocenters. The molecule has 0 heterocycles. The second kappa shape index (κ2) is 8.93. The van der Waals surface area contributed by atoms with Crippen LogP contribution in [0.2, 0.25) is 0 Å². The molecule has 0 aliphatic heterocycles. The molecule has 0 amide bonds. The highest BCUT2D eigenvalue weighted by Crippen LogP contribution is 2.25. The fraction of sp³-hybridized carbons (Fsp3) is 0.500. The van der Waals surface area contributed by atoms with Crippen LogP contribution in [0.1, 0.15) is 25.3 Å². The summed E-state index contributed by atoms with van der Waals surface area (Å²) in [4.78, 5) is 11.1. The molecule has 0 saturated carbocycles. The van der Waals surface area contributed by atoms with E-state index in [2.05, 4.69) is 21.2 Å². The van der Waals surface area contributed by atoms with Gasteiger partial charge in [-0.2, -0.15) is 0 Å². The molecule has 4 nitrogen and oxygen atoms in total. The van der Waals surface area contributed by atoms with Crippen molar-refractivity contribution in [2.24, 2.45) is 0 Å². The number of carbonyl (C=O) groups excluding carboxylic acids is 1. The third-order valence-corrected chi connectivity index (χ3v) is 3.20. The van der Waals surface area contributed by atoms with Gasteiger partial charge in [0.2, 0.25) is 0 Å². The third-order valence-electron chi connectivity index (χ3n) is 2.59. The van der Waals surface area contributed by atoms with Crippen LogP contribution in [-0.4, -0.2) is 26.2 Å². The largest absolute Gasteiger partial charge is 0.496 e. The average molecular weight is 330 g/mol. The first-order chi connectivity index (χ1) is 9.17. The Morgan fingerprint density at radius 1 is 1.42 bits per heavy atom. The van der Waals surface area contributed by atoms with Gasteiger partial charge in [0, 0.05) is 13.0 Å². The van der Waals surface area contributed by atoms with Crippen molar-refractivity contribution >= 4 is 21.9 Å². The minimum atomic E-state index is -0.128. The van der Waals surface area contributed by atoms with Crippen molar-refractivity contribution in [1.82, 2.24) is 5.32 Å². The van der Waals surface area contributed by atoms with E-state index >= 15 is 0 Å². The molecular formula is C14H20BrNO3. The van der Waals surface area contributed by atoms with E-state index in [1.54, 1.807) is 7.11 Å². The molecule has 1 N–H and O–H groups in total. The van der Waals surface area contributed by atoms with Crippen LogP contribution in [0, 0.1) is 0 Å². The van der Waals surface area contributed by atoms with Gasteiger partial charge in [-0.05, 0) is 53.5 Å². The Kier molecular flexibility index (Phi) is 7.52. The summed E-state index contributed by atoms with van der Waals surface area (Å²) in [7, 11) is 1.65. The van der Waals surface area contributed by atoms with Gasteiger partial charge < -0.3 is 14.8 Å². The minimum Gasteiger partial charge on any atom is -0.496 e. The van der Waals surface area contributed by atoms with Crippen molar-refractivity contribution < 1.29 is 14.3 Å². The second-order valence-electron chi connectivity index (χ2n) is 4.05. The Hall–Kier alpha value is -1.07. The van der Waals surface area contributed by atoms with Crippen LogP contribution >= 0.6 is 15.9 Å². The molecule has 0 spiro atoms. The van der Waals surface area contributed by atoms with Crippen LogP contribution in [0.15, 0.2) is 22.7 Å². The highest BCUT2D eigenvalue weighted by atomic mass is 79.9. The van der Waals surface area contributed by atoms with Gasteiger partial charge in [-0.15, -0.1) is 0 Å². The van der Waals surface area contributed by atoms with Gasteiger partial charge in [-0.3, -0.25) is 4.79 Å². The zero-order valence-corrected chi connectivity index (χ0v) is 13.0. The molecule has 0 bridgehead atoms. The molecule has 1 aromatic carbocycles. The van der Waals surface area contributed by atoms with Crippen LogP contribution in [0.4, 0.5) is 0 Å². The zero-order valence-electron chi connectivity index (χ0n) is 11.4. The van der Waals surface area contributed by atoms with Crippen molar-refractivity contribution in [3.05, 3.63) is 28.2 Å². The quantitative estimate of drug-likeness (QED) is 0.588. The predicted molar refractivity (Wildman–Crippen MR) is 78.3 cm³/mol. The second-order valence-corrected chi connectivity index (χ2v) is 4.91. The van der Waals surface area contributed by atoms with E-state index in [-0.39, 0.29) is 5.97 Å². The summed E-state index contributed by atoms with van der Waals surface area (Å²) < 4.78 is 11.0. The smallest absolute Gasteiger partial charge is 0.305 e. The Morgan fingerprint density at radius 2 is 2.21 bits per heavy atom. The van der Waals surface area contributed by atoms with Crippen LogP contribution in [-0.2, 0) is 16.1 Å². The lowest BCUT2D eigenvalue weighted by Crippen LogP contribution is -2.16. The van der Waals surface area contributed by atoms with Gasteiger partial charge in [0.15, 0.2) is 0 Å². The maximum atomic E-state index is 11.1. The van der Waals surface area contributed by atoms with Gasteiger partial charge in [0.25, 0.3) is 0 Å². The Bertz CT molecular complexity index is 410. The van der Waals surface area contributed by atoms with Gasteiger partial charge in [0.1, 0.15) is 5.75 Å². The summed E-state index contributed by atoms with van der Waals surface area (Å²) in [6, 6.07) is 5.97. The first-order valence-electron chi connectivity index (χ1n) is 6.36. The lowest BCUT2D eigenvalue weighted by atomic mass is 10.2. The van der Waals surface area contributed by atoms with Gasteiger partial charge in [-0.1, -0.05) is 6.07 Å². The van der Waals surface area contributed by atoms with E-state index in [1.807, 2.05) is 25.1 Å². The molecule has 5 heteroatoms. The number of benzene rings is 1. The number of methoxy groups -OCH3 is 1. The summed E-state index contributed by atoms with van der Waals surface area (Å²) in [6.07, 6.45) is 1.25. The number of halogens is 1. The van der Waals surface area contributed by atoms with E-state index < -0.39 is 0 Å². The third kappa shape index (κ3) is 6.07. The number of ether oxygens (including phenoxy) is 2. The number of hydrogen-bond acceptors (Lipinski definition) is 4. The van der Waals surface area contributed by atoms with Gasteiger partial charge in [0.05, 0.1) is 18.2 Å². The highest BCUT2D eigenvalue weighted by Gasteiger charge is 2.02. The van der Waals surface area contributed by atoms with Crippen molar-refractivity contribution in [1.29, 1.82) is 0 Å². The van der Waals surface area contributed by atoms with Gasteiger partial charge in [-0.25, -0.2) is 0 Å². The molecule has 0 radical (unpaired) electrons. The average Bonchev–Trinajstić information content (AvgIpc) is 2.39. The summed E-state index contributed by atoms with van der Waals surface area (Å²) in [5, 5.41) is 3.29. The topological polar surface area (TPSA) is 47.6 Å². The number of hydrogen-bond donors (Lipinski definition) is 1. The Morgan fingerprint density at radius 3 is 2.84 bits per heavy atom. The maximum absolute atomic E-state index is 11.1. The number of carbonyl (C=O) groups is 1. The predicted octanol–water partition coefficient (Wildman–Crippen LogP) is 2.89. The first kappa shape index (κ1) is 16.0. The van der Waals surface area contributed by atoms with Crippen LogP contribution in [0.25, 0.3) is 0 Å². The molecule has 19 heavy (non-hydrogen) atoms. The number of rotatable bonds is 8. The van der Waals surface area contributed by atoms with Crippen LogP contribution in [0.3, 0.4) is 0 Å². The number of esters is 1. The zero-order chi connectivity index (χ0) is 14.1. The Balaban J connectivity index is 2.22. The summed E-state index contributed by atoms with van der Waals surface area (Å²) >= 11 is 3.45. The fourth-order valence-corrected chi connectivity index (χ4v) is 2.23. The molecule has 1 rings (SSSR count).